The summed E-state index contributed by atoms with van der Waals surface area (Å²) in [6.45, 7) is -0.000509. The van der Waals surface area contributed by atoms with E-state index in [4.69, 9.17) is 0 Å². The Morgan fingerprint density at radius 1 is 1.30 bits per heavy atom. The first-order valence-electron chi connectivity index (χ1n) is 7.13. The van der Waals surface area contributed by atoms with Gasteiger partial charge in [-0.25, -0.2) is 9.18 Å². The first-order chi connectivity index (χ1) is 9.66. The molecular weight excluding hydrogens is 259 g/mol. The lowest BCUT2D eigenvalue weighted by molar-refractivity contribution is 0.168. The molecule has 3 N–H and O–H groups in total. The van der Waals surface area contributed by atoms with Crippen LogP contribution in [0.5, 0.6) is 0 Å². The molecule has 1 fully saturated rings. The Bertz CT molecular complexity index is 447. The molecule has 1 saturated carbocycles. The van der Waals surface area contributed by atoms with Gasteiger partial charge in [0.1, 0.15) is 5.82 Å². The first-order valence-corrected chi connectivity index (χ1v) is 7.13. The highest BCUT2D eigenvalue weighted by Gasteiger charge is 2.17. The standard InChI is InChI=1S/C15H21FN2O2/c16-13-9-5-4-8-12(13)14(19)10-17-15(20)18-11-6-2-1-3-7-11/h4-5,8-9,11,14,19H,1-3,6-7,10H2,(H2,17,18,20). The number of rotatable bonds is 4. The maximum Gasteiger partial charge on any atom is 0.315 e. The summed E-state index contributed by atoms with van der Waals surface area (Å²) in [5, 5.41) is 15.3. The number of aliphatic hydroxyl groups excluding tert-OH is 1. The molecule has 2 amide bonds. The fraction of sp³-hybridized carbons (Fsp3) is 0.533. The van der Waals surface area contributed by atoms with Crippen molar-refractivity contribution < 1.29 is 14.3 Å². The Balaban J connectivity index is 1.76. The molecule has 1 atom stereocenters. The molecule has 1 aromatic rings. The Morgan fingerprint density at radius 3 is 2.70 bits per heavy atom. The van der Waals surface area contributed by atoms with Gasteiger partial charge in [0, 0.05) is 18.2 Å². The summed E-state index contributed by atoms with van der Waals surface area (Å²) in [7, 11) is 0. The molecule has 0 aliphatic heterocycles. The molecule has 1 aromatic carbocycles. The van der Waals surface area contributed by atoms with Crippen LogP contribution in [0.4, 0.5) is 9.18 Å². The van der Waals surface area contributed by atoms with Crippen LogP contribution in [0.3, 0.4) is 0 Å². The van der Waals surface area contributed by atoms with Crippen LogP contribution in [0.1, 0.15) is 43.8 Å². The number of carbonyl (C=O) groups is 1. The van der Waals surface area contributed by atoms with Gasteiger partial charge >= 0.3 is 6.03 Å². The molecular formula is C15H21FN2O2. The third-order valence-electron chi connectivity index (χ3n) is 3.66. The van der Waals surface area contributed by atoms with E-state index in [2.05, 4.69) is 10.6 Å². The summed E-state index contributed by atoms with van der Waals surface area (Å²) < 4.78 is 13.4. The van der Waals surface area contributed by atoms with Crippen LogP contribution in [0.2, 0.25) is 0 Å². The van der Waals surface area contributed by atoms with E-state index in [0.717, 1.165) is 25.7 Å². The van der Waals surface area contributed by atoms with Crippen LogP contribution < -0.4 is 10.6 Å². The molecule has 0 bridgehead atoms. The van der Waals surface area contributed by atoms with E-state index in [0.29, 0.717) is 0 Å². The van der Waals surface area contributed by atoms with Crippen molar-refractivity contribution in [2.75, 3.05) is 6.54 Å². The molecule has 1 aliphatic rings. The lowest BCUT2D eigenvalue weighted by Gasteiger charge is -2.23. The number of carbonyl (C=O) groups excluding carboxylic acids is 1. The fourth-order valence-corrected chi connectivity index (χ4v) is 2.53. The van der Waals surface area contributed by atoms with Gasteiger partial charge in [-0.2, -0.15) is 0 Å². The zero-order chi connectivity index (χ0) is 14.4. The molecule has 110 valence electrons. The molecule has 2 rings (SSSR count). The second-order valence-corrected chi connectivity index (χ2v) is 5.23. The minimum atomic E-state index is -1.03. The highest BCUT2D eigenvalue weighted by Crippen LogP contribution is 2.17. The van der Waals surface area contributed by atoms with Crippen molar-refractivity contribution in [2.45, 2.75) is 44.2 Å². The van der Waals surface area contributed by atoms with Crippen molar-refractivity contribution in [3.05, 3.63) is 35.6 Å². The number of hydrogen-bond acceptors (Lipinski definition) is 2. The van der Waals surface area contributed by atoms with Crippen molar-refractivity contribution in [3.8, 4) is 0 Å². The molecule has 4 nitrogen and oxygen atoms in total. The smallest absolute Gasteiger partial charge is 0.315 e. The second kappa shape index (κ2) is 7.24. The Morgan fingerprint density at radius 2 is 2.00 bits per heavy atom. The van der Waals surface area contributed by atoms with E-state index in [9.17, 15) is 14.3 Å². The normalized spacial score (nSPS) is 17.5. The van der Waals surface area contributed by atoms with E-state index in [1.54, 1.807) is 12.1 Å². The molecule has 0 spiro atoms. The van der Waals surface area contributed by atoms with Gasteiger partial charge in [0.25, 0.3) is 0 Å². The van der Waals surface area contributed by atoms with Crippen LogP contribution in [-0.4, -0.2) is 23.7 Å². The number of hydrogen-bond donors (Lipinski definition) is 3. The van der Waals surface area contributed by atoms with Crippen LogP contribution in [0.25, 0.3) is 0 Å². The summed E-state index contributed by atoms with van der Waals surface area (Å²) >= 11 is 0. The SMILES string of the molecule is O=C(NCC(O)c1ccccc1F)NC1CCCCC1. The van der Waals surface area contributed by atoms with Gasteiger partial charge in [-0.3, -0.25) is 0 Å². The molecule has 1 unspecified atom stereocenters. The molecule has 0 saturated heterocycles. The third kappa shape index (κ3) is 4.20. The quantitative estimate of drug-likeness (QED) is 0.793. The number of amides is 2. The summed E-state index contributed by atoms with van der Waals surface area (Å²) in [4.78, 5) is 11.7. The summed E-state index contributed by atoms with van der Waals surface area (Å²) in [5.41, 5.74) is 0.200. The van der Waals surface area contributed by atoms with Gasteiger partial charge < -0.3 is 15.7 Å². The lowest BCUT2D eigenvalue weighted by Crippen LogP contribution is -2.44. The Kier molecular flexibility index (Phi) is 5.35. The van der Waals surface area contributed by atoms with Gasteiger partial charge in [0.2, 0.25) is 0 Å². The molecule has 0 aromatic heterocycles. The average Bonchev–Trinajstić information content (AvgIpc) is 2.46. The van der Waals surface area contributed by atoms with Crippen LogP contribution >= 0.6 is 0 Å². The number of nitrogens with one attached hydrogen (secondary N) is 2. The van der Waals surface area contributed by atoms with Gasteiger partial charge in [0.15, 0.2) is 0 Å². The van der Waals surface area contributed by atoms with E-state index < -0.39 is 11.9 Å². The topological polar surface area (TPSA) is 61.4 Å². The van der Waals surface area contributed by atoms with E-state index in [-0.39, 0.29) is 24.2 Å². The highest BCUT2D eigenvalue weighted by atomic mass is 19.1. The molecule has 0 radical (unpaired) electrons. The monoisotopic (exact) mass is 280 g/mol. The van der Waals surface area contributed by atoms with Crippen LogP contribution in [0, 0.1) is 5.82 Å². The van der Waals surface area contributed by atoms with Gasteiger partial charge in [-0.1, -0.05) is 37.5 Å². The maximum absolute atomic E-state index is 13.4. The zero-order valence-electron chi connectivity index (χ0n) is 11.4. The number of halogens is 1. The van der Waals surface area contributed by atoms with Crippen molar-refractivity contribution in [1.29, 1.82) is 0 Å². The minimum absolute atomic E-state index is 0.000509. The lowest BCUT2D eigenvalue weighted by atomic mass is 9.96. The number of urea groups is 1. The minimum Gasteiger partial charge on any atom is -0.386 e. The average molecular weight is 280 g/mol. The highest BCUT2D eigenvalue weighted by molar-refractivity contribution is 5.74. The predicted octanol–water partition coefficient (Wildman–Crippen LogP) is 2.49. The molecule has 20 heavy (non-hydrogen) atoms. The van der Waals surface area contributed by atoms with Gasteiger partial charge in [0.05, 0.1) is 6.10 Å². The van der Waals surface area contributed by atoms with Crippen LogP contribution in [-0.2, 0) is 0 Å². The third-order valence-corrected chi connectivity index (χ3v) is 3.66. The van der Waals surface area contributed by atoms with Crippen molar-refractivity contribution in [1.82, 2.24) is 10.6 Å². The zero-order valence-corrected chi connectivity index (χ0v) is 11.4. The number of benzene rings is 1. The van der Waals surface area contributed by atoms with Gasteiger partial charge in [-0.15, -0.1) is 0 Å². The first kappa shape index (κ1) is 14.8. The number of aliphatic hydroxyl groups is 1. The Hall–Kier alpha value is -1.62. The van der Waals surface area contributed by atoms with Crippen molar-refractivity contribution >= 4 is 6.03 Å². The molecule has 1 aliphatic carbocycles. The van der Waals surface area contributed by atoms with E-state index in [1.165, 1.54) is 18.6 Å². The molecule has 0 heterocycles. The van der Waals surface area contributed by atoms with Gasteiger partial charge in [-0.05, 0) is 18.9 Å². The Labute approximate surface area is 118 Å². The van der Waals surface area contributed by atoms with Crippen molar-refractivity contribution in [2.24, 2.45) is 0 Å². The fourth-order valence-electron chi connectivity index (χ4n) is 2.53. The summed E-state index contributed by atoms with van der Waals surface area (Å²) in [6, 6.07) is 5.95. The molecule has 5 heteroatoms. The van der Waals surface area contributed by atoms with E-state index in [1.807, 2.05) is 0 Å². The largest absolute Gasteiger partial charge is 0.386 e. The van der Waals surface area contributed by atoms with Crippen molar-refractivity contribution in [3.63, 3.8) is 0 Å². The summed E-state index contributed by atoms with van der Waals surface area (Å²) in [6.07, 6.45) is 4.48. The summed E-state index contributed by atoms with van der Waals surface area (Å²) in [5.74, 6) is -0.463. The van der Waals surface area contributed by atoms with Crippen LogP contribution in [0.15, 0.2) is 24.3 Å². The predicted molar refractivity (Wildman–Crippen MR) is 74.8 cm³/mol. The second-order valence-electron chi connectivity index (χ2n) is 5.23. The maximum atomic E-state index is 13.4. The van der Waals surface area contributed by atoms with E-state index >= 15 is 0 Å².